The Morgan fingerprint density at radius 1 is 1.47 bits per heavy atom. The number of carboxylic acids is 1. The lowest BCUT2D eigenvalue weighted by atomic mass is 9.93. The first-order valence-corrected chi connectivity index (χ1v) is 7.05. The predicted octanol–water partition coefficient (Wildman–Crippen LogP) is 3.90. The maximum absolute atomic E-state index is 13.5. The number of hydrogen-bond acceptors (Lipinski definition) is 1. The Kier molecular flexibility index (Phi) is 3.09. The fourth-order valence-electron chi connectivity index (χ4n) is 2.95. The van der Waals surface area contributed by atoms with Crippen molar-refractivity contribution in [2.45, 2.75) is 31.7 Å². The lowest BCUT2D eigenvalue weighted by Gasteiger charge is -2.24. The smallest absolute Gasteiger partial charge is 0.304 e. The normalized spacial score (nSPS) is 18.5. The van der Waals surface area contributed by atoms with E-state index in [1.165, 1.54) is 12.1 Å². The highest BCUT2D eigenvalue weighted by Gasteiger charge is 2.25. The van der Waals surface area contributed by atoms with Crippen molar-refractivity contribution in [2.75, 3.05) is 0 Å². The van der Waals surface area contributed by atoms with Crippen LogP contribution in [0.2, 0.25) is 0 Å². The number of hydrogen-bond donors (Lipinski definition) is 1. The highest BCUT2D eigenvalue weighted by molar-refractivity contribution is 9.10. The molecule has 1 unspecified atom stereocenters. The molecule has 1 aliphatic heterocycles. The highest BCUT2D eigenvalue weighted by Crippen LogP contribution is 2.37. The number of carbonyl (C=O) groups is 1. The van der Waals surface area contributed by atoms with Crippen LogP contribution in [0, 0.1) is 5.82 Å². The van der Waals surface area contributed by atoms with Crippen LogP contribution >= 0.6 is 15.9 Å². The maximum atomic E-state index is 13.5. The van der Waals surface area contributed by atoms with E-state index in [4.69, 9.17) is 5.11 Å². The molecular formula is C14H13BrFNO2. The van der Waals surface area contributed by atoms with Gasteiger partial charge in [-0.3, -0.25) is 4.79 Å². The number of aryl methyl sites for hydroxylation is 1. The molecule has 3 rings (SSSR count). The minimum atomic E-state index is -0.783. The molecule has 0 bridgehead atoms. The molecule has 0 radical (unpaired) electrons. The first-order chi connectivity index (χ1) is 9.06. The zero-order valence-electron chi connectivity index (χ0n) is 10.2. The van der Waals surface area contributed by atoms with Crippen molar-refractivity contribution in [2.24, 2.45) is 0 Å². The SMILES string of the molecule is O=C(O)CC1CCCn2c1cc1c(Br)cc(F)cc12. The van der Waals surface area contributed by atoms with Crippen LogP contribution in [0.5, 0.6) is 0 Å². The van der Waals surface area contributed by atoms with Crippen LogP contribution in [0.1, 0.15) is 30.9 Å². The van der Waals surface area contributed by atoms with Gasteiger partial charge in [0, 0.05) is 28.0 Å². The zero-order chi connectivity index (χ0) is 13.6. The van der Waals surface area contributed by atoms with E-state index < -0.39 is 5.97 Å². The second-order valence-electron chi connectivity index (χ2n) is 4.98. The van der Waals surface area contributed by atoms with E-state index in [0.717, 1.165) is 40.5 Å². The summed E-state index contributed by atoms with van der Waals surface area (Å²) in [4.78, 5) is 10.9. The van der Waals surface area contributed by atoms with Crippen molar-refractivity contribution in [3.8, 4) is 0 Å². The highest BCUT2D eigenvalue weighted by atomic mass is 79.9. The number of aromatic nitrogens is 1. The summed E-state index contributed by atoms with van der Waals surface area (Å²) in [5.41, 5.74) is 1.85. The van der Waals surface area contributed by atoms with Crippen molar-refractivity contribution in [3.05, 3.63) is 34.2 Å². The van der Waals surface area contributed by atoms with Crippen molar-refractivity contribution < 1.29 is 14.3 Å². The number of nitrogens with zero attached hydrogens (tertiary/aromatic N) is 1. The Morgan fingerprint density at radius 3 is 3.00 bits per heavy atom. The Hall–Kier alpha value is -1.36. The molecule has 0 saturated carbocycles. The number of carboxylic acid groups (broad SMARTS) is 1. The molecule has 2 aromatic rings. The standard InChI is InChI=1S/C14H13BrFNO2/c15-11-5-9(16)6-13-10(11)7-12-8(4-14(18)19)2-1-3-17(12)13/h5-8H,1-4H2,(H,18,19). The summed E-state index contributed by atoms with van der Waals surface area (Å²) in [6.07, 6.45) is 1.95. The average molecular weight is 326 g/mol. The summed E-state index contributed by atoms with van der Waals surface area (Å²) in [7, 11) is 0. The third kappa shape index (κ3) is 2.16. The molecule has 1 aromatic carbocycles. The lowest BCUT2D eigenvalue weighted by Crippen LogP contribution is -2.17. The molecule has 1 atom stereocenters. The minimum Gasteiger partial charge on any atom is -0.481 e. The fraction of sp³-hybridized carbons (Fsp3) is 0.357. The summed E-state index contributed by atoms with van der Waals surface area (Å²) in [6.45, 7) is 0.824. The largest absolute Gasteiger partial charge is 0.481 e. The molecule has 1 aliphatic rings. The van der Waals surface area contributed by atoms with E-state index in [1.807, 2.05) is 6.07 Å². The molecule has 1 aromatic heterocycles. The number of halogens is 2. The van der Waals surface area contributed by atoms with E-state index in [0.29, 0.717) is 0 Å². The lowest BCUT2D eigenvalue weighted by molar-refractivity contribution is -0.137. The minimum absolute atomic E-state index is 0.0219. The van der Waals surface area contributed by atoms with Crippen molar-refractivity contribution in [1.29, 1.82) is 0 Å². The van der Waals surface area contributed by atoms with Gasteiger partial charge >= 0.3 is 5.97 Å². The van der Waals surface area contributed by atoms with Crippen molar-refractivity contribution in [3.63, 3.8) is 0 Å². The quantitative estimate of drug-likeness (QED) is 0.910. The number of fused-ring (bicyclic) bond motifs is 3. The Balaban J connectivity index is 2.18. The molecule has 0 saturated heterocycles. The first-order valence-electron chi connectivity index (χ1n) is 6.26. The van der Waals surface area contributed by atoms with E-state index >= 15 is 0 Å². The van der Waals surface area contributed by atoms with Gasteiger partial charge in [0.1, 0.15) is 5.82 Å². The summed E-state index contributed by atoms with van der Waals surface area (Å²) in [5.74, 6) is -1.04. The van der Waals surface area contributed by atoms with Crippen molar-refractivity contribution >= 4 is 32.8 Å². The van der Waals surface area contributed by atoms with Crippen LogP contribution < -0.4 is 0 Å². The molecular weight excluding hydrogens is 313 g/mol. The third-order valence-electron chi connectivity index (χ3n) is 3.74. The van der Waals surface area contributed by atoms with Gasteiger partial charge in [-0.05, 0) is 47.0 Å². The molecule has 5 heteroatoms. The van der Waals surface area contributed by atoms with Crippen LogP contribution in [0.3, 0.4) is 0 Å². The van der Waals surface area contributed by atoms with Gasteiger partial charge in [-0.1, -0.05) is 0 Å². The van der Waals surface area contributed by atoms with Gasteiger partial charge in [0.2, 0.25) is 0 Å². The second-order valence-corrected chi connectivity index (χ2v) is 5.83. The van der Waals surface area contributed by atoms with Gasteiger partial charge in [0.25, 0.3) is 0 Å². The van der Waals surface area contributed by atoms with Gasteiger partial charge < -0.3 is 9.67 Å². The summed E-state index contributed by atoms with van der Waals surface area (Å²) in [6, 6.07) is 4.96. The van der Waals surface area contributed by atoms with Gasteiger partial charge in [-0.2, -0.15) is 0 Å². The molecule has 0 aliphatic carbocycles. The number of benzene rings is 1. The van der Waals surface area contributed by atoms with Crippen LogP contribution in [-0.4, -0.2) is 15.6 Å². The van der Waals surface area contributed by atoms with Crippen molar-refractivity contribution in [1.82, 2.24) is 4.57 Å². The van der Waals surface area contributed by atoms with E-state index in [2.05, 4.69) is 20.5 Å². The fourth-order valence-corrected chi connectivity index (χ4v) is 3.49. The molecule has 2 heterocycles. The summed E-state index contributed by atoms with van der Waals surface area (Å²) in [5, 5.41) is 9.94. The molecule has 1 N–H and O–H groups in total. The van der Waals surface area contributed by atoms with Crippen LogP contribution in [0.4, 0.5) is 4.39 Å². The second kappa shape index (κ2) is 4.63. The van der Waals surface area contributed by atoms with E-state index in [-0.39, 0.29) is 18.2 Å². The monoisotopic (exact) mass is 325 g/mol. The molecule has 3 nitrogen and oxygen atoms in total. The number of rotatable bonds is 2. The summed E-state index contributed by atoms with van der Waals surface area (Å²) >= 11 is 3.38. The average Bonchev–Trinajstić information content (AvgIpc) is 2.69. The van der Waals surface area contributed by atoms with Gasteiger partial charge in [-0.15, -0.1) is 0 Å². The van der Waals surface area contributed by atoms with E-state index in [1.54, 1.807) is 0 Å². The molecule has 0 amide bonds. The number of aliphatic carboxylic acids is 1. The molecule has 19 heavy (non-hydrogen) atoms. The first kappa shape index (κ1) is 12.7. The molecule has 0 spiro atoms. The third-order valence-corrected chi connectivity index (χ3v) is 4.40. The van der Waals surface area contributed by atoms with Crippen LogP contribution in [0.25, 0.3) is 10.9 Å². The van der Waals surface area contributed by atoms with Gasteiger partial charge in [0.05, 0.1) is 11.9 Å². The van der Waals surface area contributed by atoms with Crippen LogP contribution in [-0.2, 0) is 11.3 Å². The zero-order valence-corrected chi connectivity index (χ0v) is 11.8. The van der Waals surface area contributed by atoms with E-state index in [9.17, 15) is 9.18 Å². The molecule has 100 valence electrons. The topological polar surface area (TPSA) is 42.2 Å². The van der Waals surface area contributed by atoms with Gasteiger partial charge in [-0.25, -0.2) is 4.39 Å². The summed E-state index contributed by atoms with van der Waals surface area (Å²) < 4.78 is 16.3. The maximum Gasteiger partial charge on any atom is 0.304 e. The Bertz CT molecular complexity index is 665. The Morgan fingerprint density at radius 2 is 2.26 bits per heavy atom. The Labute approximate surface area is 118 Å². The van der Waals surface area contributed by atoms with Crippen LogP contribution in [0.15, 0.2) is 22.7 Å². The van der Waals surface area contributed by atoms with Gasteiger partial charge in [0.15, 0.2) is 0 Å². The molecule has 0 fully saturated rings. The predicted molar refractivity (Wildman–Crippen MR) is 73.8 cm³/mol.